The normalized spacial score (nSPS) is 48.0. The second-order valence-corrected chi connectivity index (χ2v) is 23.2. The van der Waals surface area contributed by atoms with Gasteiger partial charge in [0.1, 0.15) is 152 Å². The van der Waals surface area contributed by atoms with E-state index in [1.54, 1.807) is 0 Å². The van der Waals surface area contributed by atoms with Gasteiger partial charge in [0.2, 0.25) is 17.7 Å². The molecule has 7 fully saturated rings. The number of aliphatic carboxylic acids is 1. The number of nitrogens with one attached hydrogen (secondary N) is 3. The molecule has 23 N–H and O–H groups in total. The Kier molecular flexibility index (Phi) is 26.1. The SMILES string of the molecule is CC(=O)N[C@H]1[C@H](O[C@H]2[C@@H](O)[C@@H](CO)O[C@@H](O[C@H]3[C@H](O[C@@H]4O[C@@H](C)[C@@H](O)[C@@H](O)[C@@H]4O)[C@@H](NC(C)=O)C(O)O[C@@H]3CO)[C@@H]2O)O[C@H](CO)[C@@H](O[C@@H]2O[C@@H](C)[C@@H](O)[C@@H](O)[C@@H]2O)[C@@H]1O[C@@H]1O[C@H](CO)[C@H](O)[C@H](O[C@]2(C(=O)O)C[C@H](O)[C@@H](NC(C)=O)[C@H]([C@H](O)[C@H](O)CO)O2)[C@H]1O. The van der Waals surface area contributed by atoms with E-state index in [0.717, 1.165) is 20.8 Å². The molecule has 40 heteroatoms. The number of aliphatic hydroxyl groups excluding tert-OH is 19. The lowest BCUT2D eigenvalue weighted by Gasteiger charge is -2.52. The Morgan fingerprint density at radius 2 is 0.835 bits per heavy atom. The van der Waals surface area contributed by atoms with Crippen LogP contribution in [0.4, 0.5) is 0 Å². The number of ether oxygens (including phenoxy) is 13. The number of aliphatic hydroxyl groups is 19. The van der Waals surface area contributed by atoms with Crippen LogP contribution in [0.15, 0.2) is 0 Å². The number of carbonyl (C=O) groups excluding carboxylic acids is 3. The minimum atomic E-state index is -3.31. The van der Waals surface area contributed by atoms with Crippen LogP contribution in [0.2, 0.25) is 0 Å². The lowest BCUT2D eigenvalue weighted by atomic mass is 9.88. The number of hydrogen-bond acceptors (Lipinski definition) is 36. The molecule has 0 saturated carbocycles. The fourth-order valence-electron chi connectivity index (χ4n) is 11.8. The lowest BCUT2D eigenvalue weighted by Crippen LogP contribution is -2.72. The Balaban J connectivity index is 1.27. The van der Waals surface area contributed by atoms with E-state index in [2.05, 4.69) is 16.0 Å². The van der Waals surface area contributed by atoms with Crippen LogP contribution in [0, 0.1) is 0 Å². The predicted octanol–water partition coefficient (Wildman–Crippen LogP) is -14.6. The number of hydrogen-bond donors (Lipinski definition) is 23. The number of amides is 3. The van der Waals surface area contributed by atoms with E-state index in [9.17, 15) is 121 Å². The number of rotatable bonds is 23. The first-order chi connectivity index (χ1) is 42.8. The van der Waals surface area contributed by atoms with Crippen molar-refractivity contribution in [3.8, 4) is 0 Å². The second kappa shape index (κ2) is 31.6. The van der Waals surface area contributed by atoms with E-state index in [-0.39, 0.29) is 0 Å². The number of carboxylic acid groups (broad SMARTS) is 1. The monoisotopic (exact) mass is 1330 g/mol. The highest BCUT2D eigenvalue weighted by Crippen LogP contribution is 2.41. The van der Waals surface area contributed by atoms with Gasteiger partial charge in [-0.2, -0.15) is 0 Å². The summed E-state index contributed by atoms with van der Waals surface area (Å²) in [6.07, 6.45) is -66.6. The van der Waals surface area contributed by atoms with Crippen LogP contribution >= 0.6 is 0 Å². The van der Waals surface area contributed by atoms with Crippen LogP contribution in [0.25, 0.3) is 0 Å². The van der Waals surface area contributed by atoms with Crippen molar-refractivity contribution >= 4 is 23.7 Å². The van der Waals surface area contributed by atoms with Gasteiger partial charge in [-0.25, -0.2) is 4.79 Å². The molecule has 0 aromatic carbocycles. The van der Waals surface area contributed by atoms with Crippen molar-refractivity contribution in [1.82, 2.24) is 16.0 Å². The summed E-state index contributed by atoms with van der Waals surface area (Å²) in [5.74, 6) is -8.17. The van der Waals surface area contributed by atoms with Gasteiger partial charge in [0, 0.05) is 27.2 Å². The molecule has 0 aromatic rings. The Morgan fingerprint density at radius 3 is 1.29 bits per heavy atom. The van der Waals surface area contributed by atoms with Crippen molar-refractivity contribution in [1.29, 1.82) is 0 Å². The first-order valence-corrected chi connectivity index (χ1v) is 29.0. The van der Waals surface area contributed by atoms with Crippen molar-refractivity contribution in [2.45, 2.75) is 261 Å². The molecular formula is C51H85N3O37. The third kappa shape index (κ3) is 16.2. The van der Waals surface area contributed by atoms with Crippen LogP contribution in [-0.2, 0) is 80.8 Å². The smallest absolute Gasteiger partial charge is 0.364 e. The summed E-state index contributed by atoms with van der Waals surface area (Å²) in [6.45, 7) is -0.397. The highest BCUT2D eigenvalue weighted by Gasteiger charge is 2.62. The zero-order valence-electron chi connectivity index (χ0n) is 49.3. The van der Waals surface area contributed by atoms with E-state index in [1.807, 2.05) is 0 Å². The summed E-state index contributed by atoms with van der Waals surface area (Å²) < 4.78 is 77.0. The topological polar surface area (TPSA) is 629 Å². The molecule has 7 saturated heterocycles. The molecular weight excluding hydrogens is 1250 g/mol. The summed E-state index contributed by atoms with van der Waals surface area (Å²) >= 11 is 0. The average molecular weight is 1330 g/mol. The van der Waals surface area contributed by atoms with Crippen LogP contribution in [-0.4, -0.2) is 379 Å². The molecule has 36 atom stereocenters. The number of carboxylic acids is 1. The number of carbonyl (C=O) groups is 4. The van der Waals surface area contributed by atoms with Gasteiger partial charge >= 0.3 is 5.97 Å². The molecule has 0 spiro atoms. The van der Waals surface area contributed by atoms with Crippen molar-refractivity contribution in [2.75, 3.05) is 33.0 Å². The van der Waals surface area contributed by atoms with Gasteiger partial charge in [0.15, 0.2) is 37.7 Å². The molecule has 91 heavy (non-hydrogen) atoms. The third-order valence-corrected chi connectivity index (χ3v) is 16.6. The summed E-state index contributed by atoms with van der Waals surface area (Å²) in [4.78, 5) is 51.5. The molecule has 0 aliphatic carbocycles. The second-order valence-electron chi connectivity index (χ2n) is 23.2. The van der Waals surface area contributed by atoms with Crippen LogP contribution in [0.3, 0.4) is 0 Å². The fraction of sp³-hybridized carbons (Fsp3) is 0.922. The predicted molar refractivity (Wildman–Crippen MR) is 281 cm³/mol. The summed E-state index contributed by atoms with van der Waals surface area (Å²) in [7, 11) is 0. The van der Waals surface area contributed by atoms with Crippen molar-refractivity contribution in [2.24, 2.45) is 0 Å². The summed E-state index contributed by atoms with van der Waals surface area (Å²) in [5.41, 5.74) is 0. The minimum absolute atomic E-state index is 0.829. The van der Waals surface area contributed by atoms with Crippen molar-refractivity contribution < 1.29 is 183 Å². The van der Waals surface area contributed by atoms with Crippen LogP contribution < -0.4 is 16.0 Å². The maximum absolute atomic E-state index is 13.4. The molecule has 526 valence electrons. The average Bonchev–Trinajstić information content (AvgIpc) is 0.786. The molecule has 40 nitrogen and oxygen atoms in total. The highest BCUT2D eigenvalue weighted by molar-refractivity contribution is 5.77. The summed E-state index contributed by atoms with van der Waals surface area (Å²) in [6, 6.07) is -5.53. The Labute approximate surface area is 516 Å². The largest absolute Gasteiger partial charge is 0.477 e. The van der Waals surface area contributed by atoms with Gasteiger partial charge < -0.3 is 180 Å². The molecule has 7 rings (SSSR count). The molecule has 0 radical (unpaired) electrons. The third-order valence-electron chi connectivity index (χ3n) is 16.6. The first-order valence-electron chi connectivity index (χ1n) is 29.0. The standard InChI is InChI=1S/C51H85N3O37/c1-12-26(65)31(70)33(72)46(79-12)85-38-22(11-59)84-45(89-42-29(68)19(8-56)82-48(35(42)74)86-37-21(10-58)81-44(76)24(53-15(4)61)40(37)87-47-34(73)32(71)27(66)13(2)80-47)25(54-16(5)62)41(38)88-49-36(75)43(30(69)20(9-57)83-49)91-51(50(77)78)6-17(63)23(52-14(3)60)39(90-51)28(67)18(64)7-55/h12-13,17-49,55-59,63-76H,6-11H2,1-5H3,(H,52,60)(H,53,61)(H,54,62)(H,77,78)/t12-,13-,17-,18+,19+,20+,21+,22+,23+,24+,25+,26+,27+,28+,29-,30-,31+,32+,33-,34-,35+,36+,37+,38+,39+,40+,41+,42-,43-,44?,45-,46-,47-,48-,49-,51-/m0/s1. The van der Waals surface area contributed by atoms with Gasteiger partial charge in [-0.3, -0.25) is 14.4 Å². The maximum atomic E-state index is 13.4. The quantitative estimate of drug-likeness (QED) is 0.0452. The zero-order chi connectivity index (χ0) is 67.6. The minimum Gasteiger partial charge on any atom is -0.477 e. The van der Waals surface area contributed by atoms with Gasteiger partial charge in [0.25, 0.3) is 5.79 Å². The first kappa shape index (κ1) is 75.0. The van der Waals surface area contributed by atoms with Crippen molar-refractivity contribution in [3.05, 3.63) is 0 Å². The van der Waals surface area contributed by atoms with Gasteiger partial charge in [0.05, 0.1) is 57.4 Å². The lowest BCUT2D eigenvalue weighted by molar-refractivity contribution is -0.400. The molecule has 7 heterocycles. The Hall–Kier alpha value is -3.40. The van der Waals surface area contributed by atoms with E-state index in [1.165, 1.54) is 13.8 Å². The fourth-order valence-corrected chi connectivity index (χ4v) is 11.8. The maximum Gasteiger partial charge on any atom is 0.364 e. The molecule has 7 aliphatic rings. The van der Waals surface area contributed by atoms with E-state index in [4.69, 9.17) is 61.6 Å². The van der Waals surface area contributed by atoms with E-state index >= 15 is 0 Å². The molecule has 0 aromatic heterocycles. The molecule has 0 bridgehead atoms. The summed E-state index contributed by atoms with van der Waals surface area (Å²) in [5, 5.41) is 227. The van der Waals surface area contributed by atoms with Crippen LogP contribution in [0.1, 0.15) is 41.0 Å². The van der Waals surface area contributed by atoms with Crippen molar-refractivity contribution in [3.63, 3.8) is 0 Å². The van der Waals surface area contributed by atoms with Gasteiger partial charge in [-0.15, -0.1) is 0 Å². The molecule has 1 unspecified atom stereocenters. The Bertz CT molecular complexity index is 2380. The van der Waals surface area contributed by atoms with E-state index in [0.29, 0.717) is 0 Å². The van der Waals surface area contributed by atoms with Crippen LogP contribution in [0.5, 0.6) is 0 Å². The van der Waals surface area contributed by atoms with Gasteiger partial charge in [-0.1, -0.05) is 0 Å². The van der Waals surface area contributed by atoms with E-state index < -0.39 is 284 Å². The molecule has 7 aliphatic heterocycles. The van der Waals surface area contributed by atoms with Gasteiger partial charge in [-0.05, 0) is 13.8 Å². The molecule has 3 amide bonds. The Morgan fingerprint density at radius 1 is 0.451 bits per heavy atom. The zero-order valence-corrected chi connectivity index (χ0v) is 49.3. The highest BCUT2D eigenvalue weighted by atomic mass is 16.8.